The Morgan fingerprint density at radius 2 is 0.771 bits per heavy atom. The Kier molecular flexibility index (Phi) is 23.7. The first-order chi connectivity index (χ1) is 56.9. The molecule has 0 saturated carbocycles. The standard InChI is InChI=1S/C18H21N5O3.C18H14N4O.C17H19N5O2.C17H13N5O.C16H19N5O/c1-3-23-14-7-5-4-6-11(14)12-10-13(15(19)24)16(22-17(12)23)20-8-9-21-18(25)26-2;19-16-14(17(20)23)10-13-12-8-4-5-9-15(12)22(18(13)21-16)11-6-2-1-3-7-11;1-9(18)8-22-14-6-4-3-5-11(14)12-7-13(15(19)24)16(20-10(2)23)21-17(12)22;18-15-13(16(19)23)8-12-11-5-1-2-6-14(11)22(17(12)21-15)10-4-3-7-20-9-10;1-2-21-13-6-4-3-5-10(13)11-9-12(14(18)22)15(19-8-7-17)20-16(11)21/h4-7,10H,3,8-9H2,1-2H3,(H2,19,24)(H,20,22)(H,21,25);1-10H,(H2,19,21)(H2,20,23);3-7,9H,8,18H2,1-2H3,(H2,19,24)(H,20,21,23);1-9H,(H2,18,21)(H2,19,23);3-6,9H,2,7-8,17H2,1H3,(H2,18,22)(H,19,20)/t;;9-;;/m..0../s1. The number of anilines is 5. The van der Waals surface area contributed by atoms with E-state index in [9.17, 15) is 33.6 Å². The third kappa shape index (κ3) is 16.1. The molecule has 0 aliphatic rings. The van der Waals surface area contributed by atoms with E-state index >= 15 is 0 Å². The third-order valence-electron chi connectivity index (χ3n) is 19.5. The van der Waals surface area contributed by atoms with Gasteiger partial charge in [-0.3, -0.25) is 42.9 Å². The molecule has 11 aromatic heterocycles. The summed E-state index contributed by atoms with van der Waals surface area (Å²) < 4.78 is 14.7. The van der Waals surface area contributed by atoms with Gasteiger partial charge < -0.3 is 91.3 Å². The predicted molar refractivity (Wildman–Crippen MR) is 464 cm³/mol. The van der Waals surface area contributed by atoms with Crippen LogP contribution in [0.15, 0.2) is 207 Å². The average Bonchev–Trinajstić information content (AvgIpc) is 1.62. The fourth-order valence-corrected chi connectivity index (χ4v) is 14.5. The van der Waals surface area contributed by atoms with Crippen LogP contribution in [0.5, 0.6) is 0 Å². The Balaban J connectivity index is 0.000000128. The maximum Gasteiger partial charge on any atom is 0.406 e. The lowest BCUT2D eigenvalue weighted by molar-refractivity contribution is -0.114. The number of ether oxygens (including phenoxy) is 1. The maximum atomic E-state index is 11.9. The maximum absolute atomic E-state index is 11.9. The highest BCUT2D eigenvalue weighted by Gasteiger charge is 2.25. The molecule has 0 radical (unpaired) electrons. The van der Waals surface area contributed by atoms with Crippen LogP contribution in [0.2, 0.25) is 0 Å². The molecule has 32 nitrogen and oxygen atoms in total. The normalized spacial score (nSPS) is 11.3. The third-order valence-corrected chi connectivity index (χ3v) is 19.5. The number of fused-ring (bicyclic) bond motifs is 15. The molecule has 118 heavy (non-hydrogen) atoms. The van der Waals surface area contributed by atoms with Crippen LogP contribution in [-0.2, 0) is 29.2 Å². The number of carbonyl (C=O) groups excluding carboxylic acids is 7. The van der Waals surface area contributed by atoms with Crippen molar-refractivity contribution < 1.29 is 38.3 Å². The van der Waals surface area contributed by atoms with Crippen LogP contribution in [0.1, 0.15) is 79.5 Å². The van der Waals surface area contributed by atoms with Crippen molar-refractivity contribution in [2.75, 3.05) is 60.7 Å². The number of para-hydroxylation sites is 6. The van der Waals surface area contributed by atoms with Crippen LogP contribution in [0.25, 0.3) is 121 Å². The number of aryl methyl sites for hydroxylation is 2. The number of nitrogen functional groups attached to an aromatic ring is 2. The quantitative estimate of drug-likeness (QED) is 0.0335. The minimum atomic E-state index is -0.642. The number of benzene rings is 6. The second-order valence-corrected chi connectivity index (χ2v) is 27.3. The van der Waals surface area contributed by atoms with Gasteiger partial charge in [0.2, 0.25) is 5.91 Å². The molecule has 598 valence electrons. The monoisotopic (exact) mass is 1580 g/mol. The summed E-state index contributed by atoms with van der Waals surface area (Å²) in [6.07, 6.45) is 2.95. The highest BCUT2D eigenvalue weighted by Crippen LogP contribution is 2.38. The molecule has 17 rings (SSSR count). The first kappa shape index (κ1) is 80.5. The zero-order valence-electron chi connectivity index (χ0n) is 65.0. The number of nitrogens with zero attached hydrogens (tertiary/aromatic N) is 11. The number of amides is 7. The highest BCUT2D eigenvalue weighted by molar-refractivity contribution is 6.16. The van der Waals surface area contributed by atoms with Gasteiger partial charge in [0.1, 0.15) is 57.3 Å². The van der Waals surface area contributed by atoms with Gasteiger partial charge in [-0.15, -0.1) is 0 Å². The van der Waals surface area contributed by atoms with E-state index in [0.717, 1.165) is 117 Å². The molecule has 0 unspecified atom stereocenters. The van der Waals surface area contributed by atoms with Gasteiger partial charge in [-0.25, -0.2) is 29.7 Å². The van der Waals surface area contributed by atoms with Gasteiger partial charge in [0, 0.05) is 125 Å². The fourth-order valence-electron chi connectivity index (χ4n) is 14.5. The lowest BCUT2D eigenvalue weighted by Gasteiger charge is -2.11. The van der Waals surface area contributed by atoms with Crippen molar-refractivity contribution in [1.29, 1.82) is 0 Å². The second-order valence-electron chi connectivity index (χ2n) is 27.3. The molecule has 17 aromatic rings. The highest BCUT2D eigenvalue weighted by atomic mass is 16.5. The van der Waals surface area contributed by atoms with E-state index in [1.165, 1.54) is 14.0 Å². The lowest BCUT2D eigenvalue weighted by Crippen LogP contribution is -2.29. The van der Waals surface area contributed by atoms with Gasteiger partial charge in [-0.05, 0) is 106 Å². The van der Waals surface area contributed by atoms with E-state index in [-0.39, 0.29) is 46.1 Å². The molecule has 0 saturated heterocycles. The minimum Gasteiger partial charge on any atom is -0.453 e. The number of rotatable bonds is 19. The van der Waals surface area contributed by atoms with Gasteiger partial charge in [-0.2, -0.15) is 0 Å². The first-order valence-electron chi connectivity index (χ1n) is 37.6. The van der Waals surface area contributed by atoms with E-state index in [1.54, 1.807) is 36.7 Å². The molecule has 0 aliphatic carbocycles. The van der Waals surface area contributed by atoms with Crippen LogP contribution < -0.4 is 72.9 Å². The predicted octanol–water partition coefficient (Wildman–Crippen LogP) is 10.5. The Labute approximate surface area is 673 Å². The van der Waals surface area contributed by atoms with Crippen molar-refractivity contribution in [2.24, 2.45) is 40.1 Å². The molecule has 0 spiro atoms. The number of carbonyl (C=O) groups is 7. The molecule has 0 bridgehead atoms. The smallest absolute Gasteiger partial charge is 0.406 e. The molecule has 32 heteroatoms. The zero-order chi connectivity index (χ0) is 83.8. The average molecular weight is 1580 g/mol. The summed E-state index contributed by atoms with van der Waals surface area (Å²) in [5.41, 5.74) is 62.6. The summed E-state index contributed by atoms with van der Waals surface area (Å²) in [6.45, 7) is 11.2. The van der Waals surface area contributed by atoms with Crippen molar-refractivity contribution >= 4 is 180 Å². The van der Waals surface area contributed by atoms with Crippen molar-refractivity contribution in [3.8, 4) is 11.4 Å². The van der Waals surface area contributed by atoms with Gasteiger partial charge in [0.05, 0.1) is 74.4 Å². The van der Waals surface area contributed by atoms with Gasteiger partial charge in [0.15, 0.2) is 0 Å². The summed E-state index contributed by atoms with van der Waals surface area (Å²) in [4.78, 5) is 108. The molecule has 0 aliphatic heterocycles. The Hall–Kier alpha value is -15.6. The number of alkyl carbamates (subject to hydrolysis) is 1. The number of aromatic nitrogens is 11. The zero-order valence-corrected chi connectivity index (χ0v) is 65.0. The summed E-state index contributed by atoms with van der Waals surface area (Å²) in [5.74, 6) is -1.87. The van der Waals surface area contributed by atoms with Crippen molar-refractivity contribution in [3.05, 3.63) is 234 Å². The molecule has 0 fully saturated rings. The van der Waals surface area contributed by atoms with Crippen molar-refractivity contribution in [2.45, 2.75) is 53.4 Å². The van der Waals surface area contributed by atoms with Crippen LogP contribution in [0, 0.1) is 0 Å². The van der Waals surface area contributed by atoms with E-state index in [4.69, 9.17) is 51.6 Å². The summed E-state index contributed by atoms with van der Waals surface area (Å²) in [7, 11) is 1.30. The summed E-state index contributed by atoms with van der Waals surface area (Å²) in [5, 5.41) is 20.6. The Morgan fingerprint density at radius 1 is 0.415 bits per heavy atom. The second kappa shape index (κ2) is 34.8. The lowest BCUT2D eigenvalue weighted by atomic mass is 10.1. The van der Waals surface area contributed by atoms with Crippen LogP contribution >= 0.6 is 0 Å². The Morgan fingerprint density at radius 3 is 1.17 bits per heavy atom. The number of hydrogen-bond acceptors (Lipinski definition) is 20. The number of primary amides is 5. The minimum absolute atomic E-state index is 0.0779. The molecule has 1 atom stereocenters. The fraction of sp³-hybridized carbons (Fsp3) is 0.151. The number of methoxy groups -OCH3 is 1. The topological polar surface area (TPSA) is 513 Å². The van der Waals surface area contributed by atoms with Crippen LogP contribution in [-0.4, -0.2) is 134 Å². The van der Waals surface area contributed by atoms with E-state index in [1.807, 2.05) is 191 Å². The summed E-state index contributed by atoms with van der Waals surface area (Å²) >= 11 is 0. The molecular weight excluding hydrogens is 1500 g/mol. The van der Waals surface area contributed by atoms with Crippen molar-refractivity contribution in [1.82, 2.24) is 58.1 Å². The largest absolute Gasteiger partial charge is 0.453 e. The van der Waals surface area contributed by atoms with E-state index in [2.05, 4.69) is 78.0 Å². The first-order valence-corrected chi connectivity index (χ1v) is 37.6. The van der Waals surface area contributed by atoms with Crippen LogP contribution in [0.3, 0.4) is 0 Å². The van der Waals surface area contributed by atoms with E-state index in [0.29, 0.717) is 72.4 Å². The molecule has 11 heterocycles. The van der Waals surface area contributed by atoms with Gasteiger partial charge in [-0.1, -0.05) is 109 Å². The van der Waals surface area contributed by atoms with Gasteiger partial charge in [0.25, 0.3) is 29.5 Å². The number of hydrogen-bond donors (Lipinski definition) is 13. The molecule has 7 amide bonds. The molecule has 22 N–H and O–H groups in total. The number of nitrogens with one attached hydrogen (secondary N) is 4. The Bertz CT molecular complexity index is 6600. The van der Waals surface area contributed by atoms with Crippen LogP contribution in [0.4, 0.5) is 33.9 Å². The SMILES string of the molecule is CC(=O)Nc1nc2c(cc1C(N)=O)c1ccccc1n2C[C@H](C)N.CCn1c2ccccc2c2cc(C(N)=O)c(NCCN)nc21.CCn1c2ccccc2c2cc(C(N)=O)c(NCCNC(=O)OC)nc21.NC(=O)c1cc2c3ccccc3n(-c3ccccc3)c2nc1N.NC(=O)c1cc2c3ccccc3n(-c3cccnc3)c2nc1N. The summed E-state index contributed by atoms with van der Waals surface area (Å²) in [6, 6.07) is 61.9. The van der Waals surface area contributed by atoms with Crippen molar-refractivity contribution in [3.63, 3.8) is 0 Å². The molecule has 6 aromatic carbocycles. The van der Waals surface area contributed by atoms with Gasteiger partial charge >= 0.3 is 6.09 Å². The molecular formula is C86H86N24O8. The number of pyridine rings is 6. The van der Waals surface area contributed by atoms with E-state index < -0.39 is 35.6 Å². The number of nitrogens with two attached hydrogens (primary N) is 9.